The minimum Gasteiger partial charge on any atom is -0.497 e. The molecule has 0 amide bonds. The van der Waals surface area contributed by atoms with E-state index in [-0.39, 0.29) is 5.92 Å². The molecule has 0 aliphatic carbocycles. The molecule has 0 aliphatic rings. The molecule has 0 N–H and O–H groups in total. The predicted octanol–water partition coefficient (Wildman–Crippen LogP) is 3.08. The molecule has 1 heterocycles. The van der Waals surface area contributed by atoms with Gasteiger partial charge in [-0.1, -0.05) is 24.2 Å². The highest BCUT2D eigenvalue weighted by Gasteiger charge is 2.14. The molecule has 20 heavy (non-hydrogen) atoms. The summed E-state index contributed by atoms with van der Waals surface area (Å²) in [5.41, 5.74) is 1.10. The van der Waals surface area contributed by atoms with Crippen molar-refractivity contribution in [1.82, 2.24) is 10.1 Å². The van der Waals surface area contributed by atoms with Crippen molar-refractivity contribution in [2.24, 2.45) is 0 Å². The van der Waals surface area contributed by atoms with Gasteiger partial charge in [0.1, 0.15) is 5.75 Å². The number of hydrogen-bond acceptors (Lipinski definition) is 5. The standard InChI is InChI=1S/C15H17N3O2/c1-11(4-3-9-16)15-17-14(18-20-15)10-12-5-7-13(19-2)8-6-12/h5-8,11H,3-4,10H2,1-2H3. The topological polar surface area (TPSA) is 71.9 Å². The van der Waals surface area contributed by atoms with E-state index < -0.39 is 0 Å². The molecule has 0 bridgehead atoms. The van der Waals surface area contributed by atoms with E-state index in [1.807, 2.05) is 31.2 Å². The van der Waals surface area contributed by atoms with E-state index in [4.69, 9.17) is 14.5 Å². The van der Waals surface area contributed by atoms with Gasteiger partial charge in [-0.3, -0.25) is 0 Å². The molecule has 0 spiro atoms. The average Bonchev–Trinajstić information content (AvgIpc) is 2.94. The maximum absolute atomic E-state index is 8.58. The van der Waals surface area contributed by atoms with Crippen molar-refractivity contribution in [2.45, 2.75) is 32.1 Å². The number of methoxy groups -OCH3 is 1. The van der Waals surface area contributed by atoms with Crippen molar-refractivity contribution >= 4 is 0 Å². The number of benzene rings is 1. The second kappa shape index (κ2) is 6.71. The van der Waals surface area contributed by atoms with Crippen LogP contribution in [0.25, 0.3) is 0 Å². The van der Waals surface area contributed by atoms with E-state index in [9.17, 15) is 0 Å². The second-order valence-corrected chi connectivity index (χ2v) is 4.67. The molecule has 0 saturated carbocycles. The van der Waals surface area contributed by atoms with Gasteiger partial charge in [0.25, 0.3) is 0 Å². The van der Waals surface area contributed by atoms with E-state index in [0.29, 0.717) is 24.6 Å². The molecule has 0 radical (unpaired) electrons. The zero-order valence-corrected chi connectivity index (χ0v) is 11.7. The van der Waals surface area contributed by atoms with Gasteiger partial charge >= 0.3 is 0 Å². The zero-order valence-electron chi connectivity index (χ0n) is 11.7. The summed E-state index contributed by atoms with van der Waals surface area (Å²) >= 11 is 0. The average molecular weight is 271 g/mol. The molecular formula is C15H17N3O2. The Bertz CT molecular complexity index is 584. The summed E-state index contributed by atoms with van der Waals surface area (Å²) in [4.78, 5) is 4.38. The first kappa shape index (κ1) is 14.1. The summed E-state index contributed by atoms with van der Waals surface area (Å²) in [6.07, 6.45) is 1.86. The van der Waals surface area contributed by atoms with Gasteiger partial charge in [-0.15, -0.1) is 0 Å². The van der Waals surface area contributed by atoms with Gasteiger partial charge < -0.3 is 9.26 Å². The van der Waals surface area contributed by atoms with Crippen LogP contribution >= 0.6 is 0 Å². The molecule has 5 nitrogen and oxygen atoms in total. The third-order valence-electron chi connectivity index (χ3n) is 3.12. The first-order valence-electron chi connectivity index (χ1n) is 6.55. The molecule has 5 heteroatoms. The normalized spacial score (nSPS) is 11.8. The Morgan fingerprint density at radius 3 is 2.75 bits per heavy atom. The number of ether oxygens (including phenoxy) is 1. The molecule has 0 fully saturated rings. The molecule has 0 aliphatic heterocycles. The second-order valence-electron chi connectivity index (χ2n) is 4.67. The highest BCUT2D eigenvalue weighted by atomic mass is 16.5. The summed E-state index contributed by atoms with van der Waals surface area (Å²) in [6.45, 7) is 1.99. The van der Waals surface area contributed by atoms with E-state index in [2.05, 4.69) is 16.2 Å². The Balaban J connectivity index is 1.99. The molecule has 1 unspecified atom stereocenters. The molecule has 2 rings (SSSR count). The fourth-order valence-electron chi connectivity index (χ4n) is 1.87. The summed E-state index contributed by atoms with van der Waals surface area (Å²) in [5, 5.41) is 12.6. The van der Waals surface area contributed by atoms with Crippen LogP contribution in [0.1, 0.15) is 43.0 Å². The summed E-state index contributed by atoms with van der Waals surface area (Å²) in [6, 6.07) is 9.90. The highest BCUT2D eigenvalue weighted by molar-refractivity contribution is 5.28. The van der Waals surface area contributed by atoms with Crippen LogP contribution in [0.2, 0.25) is 0 Å². The lowest BCUT2D eigenvalue weighted by molar-refractivity contribution is 0.351. The lowest BCUT2D eigenvalue weighted by Gasteiger charge is -2.01. The van der Waals surface area contributed by atoms with E-state index in [1.165, 1.54) is 0 Å². The van der Waals surface area contributed by atoms with E-state index >= 15 is 0 Å². The molecule has 0 saturated heterocycles. The van der Waals surface area contributed by atoms with Crippen molar-refractivity contribution in [1.29, 1.82) is 5.26 Å². The largest absolute Gasteiger partial charge is 0.497 e. The SMILES string of the molecule is COc1ccc(Cc2noc(C(C)CCC#N)n2)cc1. The van der Waals surface area contributed by atoms with E-state index in [0.717, 1.165) is 17.7 Å². The van der Waals surface area contributed by atoms with Crippen molar-refractivity contribution in [2.75, 3.05) is 7.11 Å². The van der Waals surface area contributed by atoms with Gasteiger partial charge in [0, 0.05) is 18.8 Å². The van der Waals surface area contributed by atoms with Crippen molar-refractivity contribution in [3.05, 3.63) is 41.5 Å². The Hall–Kier alpha value is -2.35. The smallest absolute Gasteiger partial charge is 0.229 e. The van der Waals surface area contributed by atoms with Crippen LogP contribution in [0.5, 0.6) is 5.75 Å². The fraction of sp³-hybridized carbons (Fsp3) is 0.400. The quantitative estimate of drug-likeness (QED) is 0.807. The number of rotatable bonds is 6. The van der Waals surface area contributed by atoms with Crippen LogP contribution in [0.15, 0.2) is 28.8 Å². The van der Waals surface area contributed by atoms with E-state index in [1.54, 1.807) is 7.11 Å². The van der Waals surface area contributed by atoms with Gasteiger partial charge in [-0.05, 0) is 24.1 Å². The molecule has 1 aromatic carbocycles. The van der Waals surface area contributed by atoms with Crippen LogP contribution in [-0.4, -0.2) is 17.3 Å². The Morgan fingerprint density at radius 1 is 1.35 bits per heavy atom. The lowest BCUT2D eigenvalue weighted by atomic mass is 10.1. The van der Waals surface area contributed by atoms with Crippen LogP contribution < -0.4 is 4.74 Å². The minimum atomic E-state index is 0.117. The van der Waals surface area contributed by atoms with Gasteiger partial charge in [0.2, 0.25) is 5.89 Å². The predicted molar refractivity (Wildman–Crippen MR) is 73.4 cm³/mol. The third kappa shape index (κ3) is 3.58. The number of nitrogens with zero attached hydrogens (tertiary/aromatic N) is 3. The first-order valence-corrected chi connectivity index (χ1v) is 6.55. The number of nitriles is 1. The Morgan fingerprint density at radius 2 is 2.10 bits per heavy atom. The zero-order chi connectivity index (χ0) is 14.4. The molecular weight excluding hydrogens is 254 g/mol. The lowest BCUT2D eigenvalue weighted by Crippen LogP contribution is -1.95. The molecule has 2 aromatic rings. The Labute approximate surface area is 118 Å². The van der Waals surface area contributed by atoms with Crippen LogP contribution in [-0.2, 0) is 6.42 Å². The van der Waals surface area contributed by atoms with Gasteiger partial charge in [0.05, 0.1) is 13.2 Å². The number of hydrogen-bond donors (Lipinski definition) is 0. The third-order valence-corrected chi connectivity index (χ3v) is 3.12. The molecule has 1 atom stereocenters. The Kier molecular flexibility index (Phi) is 4.72. The molecule has 1 aromatic heterocycles. The molecule has 104 valence electrons. The van der Waals surface area contributed by atoms with Crippen LogP contribution in [0.3, 0.4) is 0 Å². The monoisotopic (exact) mass is 271 g/mol. The summed E-state index contributed by atoms with van der Waals surface area (Å²) in [5.74, 6) is 2.21. The van der Waals surface area contributed by atoms with Gasteiger partial charge in [-0.25, -0.2) is 0 Å². The number of aromatic nitrogens is 2. The summed E-state index contributed by atoms with van der Waals surface area (Å²) < 4.78 is 10.4. The highest BCUT2D eigenvalue weighted by Crippen LogP contribution is 2.19. The van der Waals surface area contributed by atoms with Gasteiger partial charge in [-0.2, -0.15) is 10.2 Å². The first-order chi connectivity index (χ1) is 9.72. The van der Waals surface area contributed by atoms with Crippen LogP contribution in [0.4, 0.5) is 0 Å². The van der Waals surface area contributed by atoms with Crippen molar-refractivity contribution in [3.63, 3.8) is 0 Å². The van der Waals surface area contributed by atoms with Crippen molar-refractivity contribution in [3.8, 4) is 11.8 Å². The summed E-state index contributed by atoms with van der Waals surface area (Å²) in [7, 11) is 1.64. The van der Waals surface area contributed by atoms with Crippen LogP contribution in [0, 0.1) is 11.3 Å². The minimum absolute atomic E-state index is 0.117. The maximum Gasteiger partial charge on any atom is 0.229 e. The maximum atomic E-state index is 8.58. The van der Waals surface area contributed by atoms with Gasteiger partial charge in [0.15, 0.2) is 5.82 Å². The van der Waals surface area contributed by atoms with Crippen molar-refractivity contribution < 1.29 is 9.26 Å². The fourth-order valence-corrected chi connectivity index (χ4v) is 1.87.